The van der Waals surface area contributed by atoms with Crippen molar-refractivity contribution in [1.29, 1.82) is 0 Å². The standard InChI is InChI=1S/C16H23N3O/c1-11(2)16(13-5-7-15(20-4)8-6-13)17-9-14-10-18-19-12(14)3/h5-8,10-11,16-17H,9H2,1-4H3,(H,18,19)/t16-/m1/s1. The molecule has 0 aliphatic carbocycles. The molecule has 1 aromatic carbocycles. The number of aryl methyl sites for hydroxylation is 1. The average molecular weight is 273 g/mol. The highest BCUT2D eigenvalue weighted by molar-refractivity contribution is 5.29. The summed E-state index contributed by atoms with van der Waals surface area (Å²) in [5.41, 5.74) is 3.61. The van der Waals surface area contributed by atoms with Gasteiger partial charge in [-0.1, -0.05) is 26.0 Å². The maximum atomic E-state index is 5.21. The number of benzene rings is 1. The monoisotopic (exact) mass is 273 g/mol. The maximum absolute atomic E-state index is 5.21. The Labute approximate surface area is 120 Å². The fourth-order valence-electron chi connectivity index (χ4n) is 2.32. The first-order valence-corrected chi connectivity index (χ1v) is 6.98. The smallest absolute Gasteiger partial charge is 0.118 e. The molecule has 0 spiro atoms. The molecule has 0 unspecified atom stereocenters. The van der Waals surface area contributed by atoms with Crippen LogP contribution in [0.5, 0.6) is 5.75 Å². The first-order chi connectivity index (χ1) is 9.61. The van der Waals surface area contributed by atoms with Crippen LogP contribution in [0.15, 0.2) is 30.5 Å². The lowest BCUT2D eigenvalue weighted by atomic mass is 9.95. The maximum Gasteiger partial charge on any atom is 0.118 e. The lowest BCUT2D eigenvalue weighted by molar-refractivity contribution is 0.404. The fraction of sp³-hybridized carbons (Fsp3) is 0.438. The predicted molar refractivity (Wildman–Crippen MR) is 80.7 cm³/mol. The van der Waals surface area contributed by atoms with Crippen molar-refractivity contribution in [2.24, 2.45) is 5.92 Å². The van der Waals surface area contributed by atoms with Gasteiger partial charge in [0.15, 0.2) is 0 Å². The highest BCUT2D eigenvalue weighted by Gasteiger charge is 2.15. The van der Waals surface area contributed by atoms with Gasteiger partial charge in [-0.25, -0.2) is 0 Å². The van der Waals surface area contributed by atoms with E-state index < -0.39 is 0 Å². The van der Waals surface area contributed by atoms with Gasteiger partial charge in [-0.05, 0) is 30.5 Å². The zero-order valence-corrected chi connectivity index (χ0v) is 12.6. The van der Waals surface area contributed by atoms with E-state index in [-0.39, 0.29) is 0 Å². The molecule has 1 atom stereocenters. The third kappa shape index (κ3) is 3.39. The molecule has 2 aromatic rings. The van der Waals surface area contributed by atoms with Gasteiger partial charge in [0, 0.05) is 23.8 Å². The Morgan fingerprint density at radius 1 is 1.25 bits per heavy atom. The van der Waals surface area contributed by atoms with Crippen LogP contribution in [0, 0.1) is 12.8 Å². The molecule has 0 saturated carbocycles. The molecule has 4 nitrogen and oxygen atoms in total. The van der Waals surface area contributed by atoms with Crippen LogP contribution in [0.4, 0.5) is 0 Å². The normalized spacial score (nSPS) is 12.7. The van der Waals surface area contributed by atoms with Crippen molar-refractivity contribution in [3.8, 4) is 5.75 Å². The molecule has 108 valence electrons. The summed E-state index contributed by atoms with van der Waals surface area (Å²) in [5.74, 6) is 1.40. The topological polar surface area (TPSA) is 49.9 Å². The van der Waals surface area contributed by atoms with Crippen LogP contribution in [-0.2, 0) is 6.54 Å². The number of hydrogen-bond donors (Lipinski definition) is 2. The Kier molecular flexibility index (Phi) is 4.79. The van der Waals surface area contributed by atoms with Crippen molar-refractivity contribution in [2.45, 2.75) is 33.4 Å². The number of hydrogen-bond acceptors (Lipinski definition) is 3. The molecule has 1 aromatic heterocycles. The van der Waals surface area contributed by atoms with E-state index in [4.69, 9.17) is 4.74 Å². The number of aromatic nitrogens is 2. The number of nitrogens with one attached hydrogen (secondary N) is 2. The lowest BCUT2D eigenvalue weighted by Gasteiger charge is -2.23. The lowest BCUT2D eigenvalue weighted by Crippen LogP contribution is -2.25. The van der Waals surface area contributed by atoms with E-state index in [1.54, 1.807) is 7.11 Å². The third-order valence-corrected chi connectivity index (χ3v) is 3.59. The molecule has 0 radical (unpaired) electrons. The summed E-state index contributed by atoms with van der Waals surface area (Å²) < 4.78 is 5.21. The quantitative estimate of drug-likeness (QED) is 0.849. The number of H-pyrrole nitrogens is 1. The average Bonchev–Trinajstić information content (AvgIpc) is 2.85. The molecule has 0 saturated heterocycles. The predicted octanol–water partition coefficient (Wildman–Crippen LogP) is 3.21. The van der Waals surface area contributed by atoms with Crippen LogP contribution in [0.25, 0.3) is 0 Å². The second kappa shape index (κ2) is 6.57. The minimum atomic E-state index is 0.315. The zero-order chi connectivity index (χ0) is 14.5. The second-order valence-electron chi connectivity index (χ2n) is 5.40. The molecular weight excluding hydrogens is 250 g/mol. The summed E-state index contributed by atoms with van der Waals surface area (Å²) in [5, 5.41) is 10.6. The van der Waals surface area contributed by atoms with E-state index in [9.17, 15) is 0 Å². The van der Waals surface area contributed by atoms with Crippen molar-refractivity contribution in [1.82, 2.24) is 15.5 Å². The Bertz CT molecular complexity index is 531. The van der Waals surface area contributed by atoms with Crippen molar-refractivity contribution in [3.05, 3.63) is 47.3 Å². The van der Waals surface area contributed by atoms with E-state index in [0.717, 1.165) is 18.0 Å². The molecule has 20 heavy (non-hydrogen) atoms. The van der Waals surface area contributed by atoms with Crippen LogP contribution in [0.1, 0.15) is 36.7 Å². The van der Waals surface area contributed by atoms with Gasteiger partial charge in [0.25, 0.3) is 0 Å². The summed E-state index contributed by atoms with van der Waals surface area (Å²) in [6.45, 7) is 7.31. The van der Waals surface area contributed by atoms with E-state index in [1.165, 1.54) is 11.1 Å². The number of nitrogens with zero attached hydrogens (tertiary/aromatic N) is 1. The van der Waals surface area contributed by atoms with E-state index in [2.05, 4.69) is 41.5 Å². The third-order valence-electron chi connectivity index (χ3n) is 3.59. The molecule has 0 amide bonds. The van der Waals surface area contributed by atoms with Crippen LogP contribution >= 0.6 is 0 Å². The molecule has 0 bridgehead atoms. The number of rotatable bonds is 6. The van der Waals surface area contributed by atoms with Crippen molar-refractivity contribution < 1.29 is 4.74 Å². The molecule has 0 aliphatic rings. The van der Waals surface area contributed by atoms with Gasteiger partial charge in [-0.3, -0.25) is 5.10 Å². The first-order valence-electron chi connectivity index (χ1n) is 6.98. The minimum absolute atomic E-state index is 0.315. The zero-order valence-electron chi connectivity index (χ0n) is 12.6. The Hall–Kier alpha value is -1.81. The van der Waals surface area contributed by atoms with Gasteiger partial charge in [0.1, 0.15) is 5.75 Å². The molecule has 0 aliphatic heterocycles. The Morgan fingerprint density at radius 3 is 2.45 bits per heavy atom. The van der Waals surface area contributed by atoms with Crippen LogP contribution in [0.2, 0.25) is 0 Å². The second-order valence-corrected chi connectivity index (χ2v) is 5.40. The SMILES string of the molecule is COc1ccc([C@H](NCc2cn[nH]c2C)C(C)C)cc1. The minimum Gasteiger partial charge on any atom is -0.497 e. The van der Waals surface area contributed by atoms with Crippen LogP contribution < -0.4 is 10.1 Å². The van der Waals surface area contributed by atoms with Crippen LogP contribution in [-0.4, -0.2) is 17.3 Å². The van der Waals surface area contributed by atoms with Crippen molar-refractivity contribution >= 4 is 0 Å². The van der Waals surface area contributed by atoms with Crippen molar-refractivity contribution in [3.63, 3.8) is 0 Å². The Morgan fingerprint density at radius 2 is 1.95 bits per heavy atom. The summed E-state index contributed by atoms with van der Waals surface area (Å²) in [6, 6.07) is 8.58. The van der Waals surface area contributed by atoms with E-state index in [0.29, 0.717) is 12.0 Å². The number of ether oxygens (including phenoxy) is 1. The molecule has 4 heteroatoms. The number of methoxy groups -OCH3 is 1. The van der Waals surface area contributed by atoms with Gasteiger partial charge in [0.2, 0.25) is 0 Å². The summed E-state index contributed by atoms with van der Waals surface area (Å²) in [6.07, 6.45) is 1.88. The summed E-state index contributed by atoms with van der Waals surface area (Å²) in [4.78, 5) is 0. The van der Waals surface area contributed by atoms with Crippen molar-refractivity contribution in [2.75, 3.05) is 7.11 Å². The number of aromatic amines is 1. The van der Waals surface area contributed by atoms with E-state index in [1.807, 2.05) is 25.3 Å². The molecule has 2 rings (SSSR count). The highest BCUT2D eigenvalue weighted by Crippen LogP contribution is 2.24. The van der Waals surface area contributed by atoms with Gasteiger partial charge in [0.05, 0.1) is 13.3 Å². The summed E-state index contributed by atoms with van der Waals surface area (Å²) in [7, 11) is 1.69. The van der Waals surface area contributed by atoms with Crippen LogP contribution in [0.3, 0.4) is 0 Å². The van der Waals surface area contributed by atoms with Gasteiger partial charge in [-0.2, -0.15) is 5.10 Å². The first kappa shape index (κ1) is 14.6. The van der Waals surface area contributed by atoms with Gasteiger partial charge in [-0.15, -0.1) is 0 Å². The molecule has 2 N–H and O–H groups in total. The molecule has 1 heterocycles. The largest absolute Gasteiger partial charge is 0.497 e. The highest BCUT2D eigenvalue weighted by atomic mass is 16.5. The molecule has 0 fully saturated rings. The van der Waals surface area contributed by atoms with Gasteiger partial charge < -0.3 is 10.1 Å². The molecular formula is C16H23N3O. The van der Waals surface area contributed by atoms with Gasteiger partial charge >= 0.3 is 0 Å². The van der Waals surface area contributed by atoms with E-state index >= 15 is 0 Å². The summed E-state index contributed by atoms with van der Waals surface area (Å²) >= 11 is 0. The Balaban J connectivity index is 2.08. The fourth-order valence-corrected chi connectivity index (χ4v) is 2.32.